The quantitative estimate of drug-likeness (QED) is 0.479. The molecule has 1 amide bonds. The van der Waals surface area contributed by atoms with Gasteiger partial charge in [-0.15, -0.1) is 11.3 Å². The van der Waals surface area contributed by atoms with Crippen molar-refractivity contribution >= 4 is 28.7 Å². The molecule has 0 saturated heterocycles. The summed E-state index contributed by atoms with van der Waals surface area (Å²) in [5.74, 6) is -1.22. The molecule has 5 nitrogen and oxygen atoms in total. The van der Waals surface area contributed by atoms with Crippen LogP contribution in [0.15, 0.2) is 46.9 Å². The van der Waals surface area contributed by atoms with Crippen molar-refractivity contribution in [2.45, 2.75) is 12.6 Å². The molecule has 0 saturated carbocycles. The highest BCUT2D eigenvalue weighted by molar-refractivity contribution is 7.13. The average Bonchev–Trinajstić information content (AvgIpc) is 3.11. The first-order valence-corrected chi connectivity index (χ1v) is 7.84. The Kier molecular flexibility index (Phi) is 5.92. The Morgan fingerprint density at radius 3 is 2.60 bits per heavy atom. The lowest BCUT2D eigenvalue weighted by Gasteiger charge is -2.09. The summed E-state index contributed by atoms with van der Waals surface area (Å²) in [6, 6.07) is 8.92. The van der Waals surface area contributed by atoms with Gasteiger partial charge in [0.1, 0.15) is 11.5 Å². The minimum absolute atomic E-state index is 0.110. The van der Waals surface area contributed by atoms with Gasteiger partial charge in [-0.1, -0.05) is 12.1 Å². The number of hydrazone groups is 1. The summed E-state index contributed by atoms with van der Waals surface area (Å²) in [5.41, 5.74) is 1.34. The number of methoxy groups -OCH3 is 1. The molecule has 2 rings (SSSR count). The number of carbonyl (C=O) groups is 2. The molecule has 0 aliphatic heterocycles. The number of nitrogens with one attached hydrogen (secondary N) is 1. The van der Waals surface area contributed by atoms with Gasteiger partial charge in [0.15, 0.2) is 0 Å². The zero-order valence-electron chi connectivity index (χ0n) is 13.0. The zero-order chi connectivity index (χ0) is 18.4. The van der Waals surface area contributed by atoms with Crippen LogP contribution in [0.4, 0.5) is 13.2 Å². The fourth-order valence-electron chi connectivity index (χ4n) is 1.86. The molecule has 0 bridgehead atoms. The second-order valence-electron chi connectivity index (χ2n) is 4.83. The Hall–Kier alpha value is -2.68. The van der Waals surface area contributed by atoms with Crippen LogP contribution in [-0.4, -0.2) is 30.7 Å². The maximum Gasteiger partial charge on any atom is 0.394 e. The number of amides is 1. The third-order valence-corrected chi connectivity index (χ3v) is 3.87. The number of ether oxygens (including phenoxy) is 1. The van der Waals surface area contributed by atoms with Gasteiger partial charge in [-0.3, -0.25) is 9.59 Å². The number of thiophene rings is 1. The number of nitrogens with zero attached hydrogens (tertiary/aromatic N) is 1. The number of halogens is 3. The van der Waals surface area contributed by atoms with Crippen molar-refractivity contribution in [3.05, 3.63) is 52.2 Å². The molecular weight excluding hydrogens is 357 g/mol. The fraction of sp³-hybridized carbons (Fsp3) is 0.188. The molecule has 0 aliphatic carbocycles. The molecule has 132 valence electrons. The first kappa shape index (κ1) is 18.7. The van der Waals surface area contributed by atoms with Crippen molar-refractivity contribution in [3.8, 4) is 5.75 Å². The topological polar surface area (TPSA) is 67.8 Å². The molecule has 0 atom stereocenters. The summed E-state index contributed by atoms with van der Waals surface area (Å²) in [4.78, 5) is 24.3. The van der Waals surface area contributed by atoms with Gasteiger partial charge in [0.2, 0.25) is 5.78 Å². The number of rotatable bonds is 6. The standard InChI is InChI=1S/C16H13F3N2O3S/c1-24-11-5-2-4-10(8-11)15(23)21-20-12(9-16(17,18)19)14(22)13-6-3-7-25-13/h2-8H,9H2,1H3,(H,21,23)/b20-12+. The van der Waals surface area contributed by atoms with Crippen molar-refractivity contribution in [2.24, 2.45) is 5.10 Å². The van der Waals surface area contributed by atoms with Crippen LogP contribution in [0.3, 0.4) is 0 Å². The maximum absolute atomic E-state index is 12.7. The van der Waals surface area contributed by atoms with E-state index in [1.54, 1.807) is 17.5 Å². The summed E-state index contributed by atoms with van der Waals surface area (Å²) >= 11 is 0.994. The molecule has 0 unspecified atom stereocenters. The van der Waals surface area contributed by atoms with Crippen LogP contribution < -0.4 is 10.2 Å². The van der Waals surface area contributed by atoms with Crippen LogP contribution in [0, 0.1) is 0 Å². The molecule has 1 N–H and O–H groups in total. The summed E-state index contributed by atoms with van der Waals surface area (Å²) in [7, 11) is 1.41. The van der Waals surface area contributed by atoms with Crippen LogP contribution in [0.5, 0.6) is 5.75 Å². The summed E-state index contributed by atoms with van der Waals surface area (Å²) in [6.07, 6.45) is -6.17. The van der Waals surface area contributed by atoms with Gasteiger partial charge < -0.3 is 4.74 Å². The third kappa shape index (κ3) is 5.42. The molecular formula is C16H13F3N2O3S. The first-order chi connectivity index (χ1) is 11.8. The summed E-state index contributed by atoms with van der Waals surface area (Å²) in [6.45, 7) is 0. The van der Waals surface area contributed by atoms with E-state index < -0.39 is 30.0 Å². The largest absolute Gasteiger partial charge is 0.497 e. The van der Waals surface area contributed by atoms with Crippen molar-refractivity contribution in [1.29, 1.82) is 0 Å². The van der Waals surface area contributed by atoms with E-state index in [9.17, 15) is 22.8 Å². The Labute approximate surface area is 145 Å². The number of benzene rings is 1. The van der Waals surface area contributed by atoms with Crippen molar-refractivity contribution in [2.75, 3.05) is 7.11 Å². The molecule has 0 fully saturated rings. The SMILES string of the molecule is COc1cccc(C(=O)N/N=C(\CC(F)(F)F)C(=O)c2cccs2)c1. The second-order valence-corrected chi connectivity index (χ2v) is 5.78. The lowest BCUT2D eigenvalue weighted by atomic mass is 10.1. The van der Waals surface area contributed by atoms with E-state index >= 15 is 0 Å². The monoisotopic (exact) mass is 370 g/mol. The Morgan fingerprint density at radius 1 is 1.24 bits per heavy atom. The highest BCUT2D eigenvalue weighted by Gasteiger charge is 2.33. The Bertz CT molecular complexity index is 786. The van der Waals surface area contributed by atoms with E-state index in [-0.39, 0.29) is 10.4 Å². The van der Waals surface area contributed by atoms with Crippen LogP contribution >= 0.6 is 11.3 Å². The second kappa shape index (κ2) is 7.93. The zero-order valence-corrected chi connectivity index (χ0v) is 13.8. The smallest absolute Gasteiger partial charge is 0.394 e. The molecule has 0 aliphatic rings. The minimum Gasteiger partial charge on any atom is -0.497 e. The number of carbonyl (C=O) groups excluding carboxylic acids is 2. The van der Waals surface area contributed by atoms with Gasteiger partial charge in [-0.05, 0) is 29.6 Å². The summed E-state index contributed by atoms with van der Waals surface area (Å²) < 4.78 is 43.1. The van der Waals surface area contributed by atoms with Crippen molar-refractivity contribution < 1.29 is 27.5 Å². The molecule has 1 aromatic heterocycles. The number of hydrogen-bond acceptors (Lipinski definition) is 5. The molecule has 25 heavy (non-hydrogen) atoms. The van der Waals surface area contributed by atoms with Crippen molar-refractivity contribution in [3.63, 3.8) is 0 Å². The van der Waals surface area contributed by atoms with E-state index in [0.717, 1.165) is 11.3 Å². The Balaban J connectivity index is 2.21. The van der Waals surface area contributed by atoms with Crippen molar-refractivity contribution in [1.82, 2.24) is 5.43 Å². The first-order valence-electron chi connectivity index (χ1n) is 6.96. The number of Topliss-reactive ketones (excluding diaryl/α,β-unsaturated/α-hetero) is 1. The van der Waals surface area contributed by atoms with Gasteiger partial charge in [0.05, 0.1) is 18.4 Å². The van der Waals surface area contributed by atoms with Crippen LogP contribution in [0.2, 0.25) is 0 Å². The number of alkyl halides is 3. The van der Waals surface area contributed by atoms with Gasteiger partial charge in [0, 0.05) is 5.56 Å². The lowest BCUT2D eigenvalue weighted by Crippen LogP contribution is -2.27. The van der Waals surface area contributed by atoms with E-state index in [4.69, 9.17) is 4.74 Å². The van der Waals surface area contributed by atoms with Crippen LogP contribution in [-0.2, 0) is 0 Å². The van der Waals surface area contributed by atoms with Crippen LogP contribution in [0.1, 0.15) is 26.5 Å². The average molecular weight is 370 g/mol. The molecule has 0 spiro atoms. The van der Waals surface area contributed by atoms with E-state index in [1.807, 2.05) is 5.43 Å². The molecule has 1 aromatic carbocycles. The fourth-order valence-corrected chi connectivity index (χ4v) is 2.54. The van der Waals surface area contributed by atoms with E-state index in [2.05, 4.69) is 5.10 Å². The molecule has 1 heterocycles. The number of hydrogen-bond donors (Lipinski definition) is 1. The Morgan fingerprint density at radius 2 is 2.00 bits per heavy atom. The molecule has 2 aromatic rings. The third-order valence-electron chi connectivity index (χ3n) is 3.00. The normalized spacial score (nSPS) is 11.9. The highest BCUT2D eigenvalue weighted by atomic mass is 32.1. The predicted octanol–water partition coefficient (Wildman–Crippen LogP) is 3.68. The minimum atomic E-state index is -4.63. The van der Waals surface area contributed by atoms with E-state index in [1.165, 1.54) is 31.4 Å². The number of ketones is 1. The lowest BCUT2D eigenvalue weighted by molar-refractivity contribution is -0.121. The van der Waals surface area contributed by atoms with Gasteiger partial charge >= 0.3 is 6.18 Å². The highest BCUT2D eigenvalue weighted by Crippen LogP contribution is 2.22. The maximum atomic E-state index is 12.7. The van der Waals surface area contributed by atoms with E-state index in [0.29, 0.717) is 5.75 Å². The molecule has 0 radical (unpaired) electrons. The molecule has 9 heteroatoms. The van der Waals surface area contributed by atoms with Gasteiger partial charge in [0.25, 0.3) is 5.91 Å². The van der Waals surface area contributed by atoms with Gasteiger partial charge in [-0.25, -0.2) is 5.43 Å². The summed E-state index contributed by atoms with van der Waals surface area (Å²) in [5, 5.41) is 4.97. The van der Waals surface area contributed by atoms with Crippen LogP contribution in [0.25, 0.3) is 0 Å². The predicted molar refractivity (Wildman–Crippen MR) is 87.2 cm³/mol. The van der Waals surface area contributed by atoms with Gasteiger partial charge in [-0.2, -0.15) is 18.3 Å².